The molecule has 1 heterocycles. The second-order valence-corrected chi connectivity index (χ2v) is 10.3. The maximum atomic E-state index is 5.95. The first-order valence-electron chi connectivity index (χ1n) is 14.5. The molecule has 194 valence electrons. The minimum absolute atomic E-state index is 0.735. The number of unbranched alkanes of at least 4 members (excludes halogenated alkanes) is 9. The molecule has 0 atom stereocenters. The van der Waals surface area contributed by atoms with Gasteiger partial charge in [0.05, 0.1) is 25.1 Å². The van der Waals surface area contributed by atoms with Gasteiger partial charge < -0.3 is 9.47 Å². The van der Waals surface area contributed by atoms with Crippen molar-refractivity contribution in [2.24, 2.45) is 5.92 Å². The van der Waals surface area contributed by atoms with E-state index in [-0.39, 0.29) is 0 Å². The van der Waals surface area contributed by atoms with Crippen LogP contribution in [0.2, 0.25) is 0 Å². The molecule has 0 bridgehead atoms. The number of benzene rings is 1. The molecule has 35 heavy (non-hydrogen) atoms. The summed E-state index contributed by atoms with van der Waals surface area (Å²) in [7, 11) is 0. The minimum atomic E-state index is 0.735. The van der Waals surface area contributed by atoms with Crippen molar-refractivity contribution in [2.75, 3.05) is 13.2 Å². The number of aryl methyl sites for hydroxylation is 1. The number of aromatic nitrogens is 2. The first kappa shape index (κ1) is 27.5. The van der Waals surface area contributed by atoms with E-state index in [1.165, 1.54) is 89.9 Å². The molecule has 1 aliphatic rings. The predicted molar refractivity (Wildman–Crippen MR) is 146 cm³/mol. The summed E-state index contributed by atoms with van der Waals surface area (Å²) >= 11 is 0. The molecule has 0 aliphatic heterocycles. The molecule has 1 aromatic heterocycles. The van der Waals surface area contributed by atoms with Crippen molar-refractivity contribution < 1.29 is 9.47 Å². The zero-order valence-corrected chi connectivity index (χ0v) is 22.4. The van der Waals surface area contributed by atoms with Crippen LogP contribution in [-0.2, 0) is 0 Å². The van der Waals surface area contributed by atoms with Crippen molar-refractivity contribution in [3.8, 4) is 22.9 Å². The molecule has 1 aliphatic carbocycles. The van der Waals surface area contributed by atoms with E-state index in [9.17, 15) is 0 Å². The van der Waals surface area contributed by atoms with Crippen molar-refractivity contribution in [2.45, 2.75) is 117 Å². The molecule has 0 spiro atoms. The lowest BCUT2D eigenvalue weighted by Gasteiger charge is -2.10. The Labute approximate surface area is 214 Å². The Morgan fingerprint density at radius 2 is 1.40 bits per heavy atom. The first-order valence-corrected chi connectivity index (χ1v) is 14.5. The van der Waals surface area contributed by atoms with Crippen LogP contribution < -0.4 is 9.47 Å². The summed E-state index contributed by atoms with van der Waals surface area (Å²) in [6.45, 7) is 5.77. The van der Waals surface area contributed by atoms with E-state index in [2.05, 4.69) is 16.9 Å². The average molecular weight is 481 g/mol. The quantitative estimate of drug-likeness (QED) is 0.200. The lowest BCUT2D eigenvalue weighted by Crippen LogP contribution is -2.02. The number of nitrogens with zero attached hydrogens (tertiary/aromatic N) is 2. The fourth-order valence-corrected chi connectivity index (χ4v) is 5.06. The largest absolute Gasteiger partial charge is 0.494 e. The number of ether oxygens (including phenoxy) is 2. The van der Waals surface area contributed by atoms with E-state index < -0.39 is 0 Å². The van der Waals surface area contributed by atoms with Crippen LogP contribution >= 0.6 is 0 Å². The van der Waals surface area contributed by atoms with Crippen molar-refractivity contribution in [1.29, 1.82) is 0 Å². The number of hydrogen-bond donors (Lipinski definition) is 0. The Morgan fingerprint density at radius 1 is 0.771 bits per heavy atom. The summed E-state index contributed by atoms with van der Waals surface area (Å²) in [6, 6.07) is 8.14. The summed E-state index contributed by atoms with van der Waals surface area (Å²) in [5, 5.41) is 0. The molecule has 2 aromatic rings. The summed E-state index contributed by atoms with van der Waals surface area (Å²) in [5.41, 5.74) is 1.90. The van der Waals surface area contributed by atoms with Crippen LogP contribution in [-0.4, -0.2) is 23.2 Å². The van der Waals surface area contributed by atoms with E-state index in [0.29, 0.717) is 0 Å². The Balaban J connectivity index is 1.29. The van der Waals surface area contributed by atoms with E-state index in [0.717, 1.165) is 60.6 Å². The standard InChI is InChI=1S/C31H48N2O2/c1-3-4-5-6-9-15-24-35-30-25-32-31(33-26(30)2)28-19-21-29(22-20-28)34-23-14-10-7-8-11-16-27-17-12-13-18-27/h19-22,25,27H,3-18,23-24H2,1-2H3. The molecule has 3 rings (SSSR count). The van der Waals surface area contributed by atoms with Gasteiger partial charge in [0.1, 0.15) is 5.75 Å². The molecular weight excluding hydrogens is 432 g/mol. The smallest absolute Gasteiger partial charge is 0.159 e. The van der Waals surface area contributed by atoms with E-state index in [1.807, 2.05) is 37.4 Å². The molecule has 0 saturated heterocycles. The normalized spacial score (nSPS) is 13.9. The topological polar surface area (TPSA) is 44.2 Å². The Morgan fingerprint density at radius 3 is 2.09 bits per heavy atom. The van der Waals surface area contributed by atoms with Gasteiger partial charge in [0.2, 0.25) is 0 Å². The summed E-state index contributed by atoms with van der Waals surface area (Å²) in [4.78, 5) is 9.21. The third-order valence-electron chi connectivity index (χ3n) is 7.30. The highest BCUT2D eigenvalue weighted by Gasteiger charge is 2.13. The van der Waals surface area contributed by atoms with Crippen molar-refractivity contribution in [1.82, 2.24) is 9.97 Å². The highest BCUT2D eigenvalue weighted by molar-refractivity contribution is 5.56. The SMILES string of the molecule is CCCCCCCCOc1cnc(-c2ccc(OCCCCCCCC3CCCC3)cc2)nc1C. The van der Waals surface area contributed by atoms with Gasteiger partial charge in [-0.2, -0.15) is 0 Å². The molecule has 0 amide bonds. The third kappa shape index (κ3) is 10.6. The Kier molecular flexibility index (Phi) is 13.0. The van der Waals surface area contributed by atoms with E-state index in [1.54, 1.807) is 0 Å². The van der Waals surface area contributed by atoms with Gasteiger partial charge in [0.15, 0.2) is 11.6 Å². The fraction of sp³-hybridized carbons (Fsp3) is 0.677. The highest BCUT2D eigenvalue weighted by atomic mass is 16.5. The summed E-state index contributed by atoms with van der Waals surface area (Å²) < 4.78 is 11.9. The van der Waals surface area contributed by atoms with Gasteiger partial charge in [-0.15, -0.1) is 0 Å². The Hall–Kier alpha value is -2.10. The van der Waals surface area contributed by atoms with Crippen LogP contribution in [0.5, 0.6) is 11.5 Å². The lowest BCUT2D eigenvalue weighted by molar-refractivity contribution is 0.300. The predicted octanol–water partition coefficient (Wildman–Crippen LogP) is 9.10. The minimum Gasteiger partial charge on any atom is -0.494 e. The maximum absolute atomic E-state index is 5.95. The maximum Gasteiger partial charge on any atom is 0.159 e. The van der Waals surface area contributed by atoms with Gasteiger partial charge >= 0.3 is 0 Å². The molecule has 1 fully saturated rings. The third-order valence-corrected chi connectivity index (χ3v) is 7.30. The van der Waals surface area contributed by atoms with E-state index in [4.69, 9.17) is 9.47 Å². The van der Waals surface area contributed by atoms with Gasteiger partial charge in [-0.3, -0.25) is 0 Å². The van der Waals surface area contributed by atoms with Crippen molar-refractivity contribution in [3.05, 3.63) is 36.2 Å². The van der Waals surface area contributed by atoms with Crippen LogP contribution in [0, 0.1) is 12.8 Å². The monoisotopic (exact) mass is 480 g/mol. The van der Waals surface area contributed by atoms with Gasteiger partial charge in [-0.1, -0.05) is 96.8 Å². The molecule has 0 unspecified atom stereocenters. The molecular formula is C31H48N2O2. The molecule has 0 radical (unpaired) electrons. The zero-order valence-electron chi connectivity index (χ0n) is 22.4. The van der Waals surface area contributed by atoms with Crippen molar-refractivity contribution >= 4 is 0 Å². The van der Waals surface area contributed by atoms with Gasteiger partial charge in [-0.05, 0) is 49.9 Å². The number of hydrogen-bond acceptors (Lipinski definition) is 4. The molecule has 4 nitrogen and oxygen atoms in total. The van der Waals surface area contributed by atoms with Crippen LogP contribution in [0.4, 0.5) is 0 Å². The van der Waals surface area contributed by atoms with Crippen LogP contribution in [0.1, 0.15) is 115 Å². The zero-order chi connectivity index (χ0) is 24.6. The molecule has 1 aromatic carbocycles. The second kappa shape index (κ2) is 16.5. The van der Waals surface area contributed by atoms with Gasteiger partial charge in [0, 0.05) is 5.56 Å². The first-order chi connectivity index (χ1) is 17.3. The fourth-order valence-electron chi connectivity index (χ4n) is 5.06. The van der Waals surface area contributed by atoms with Crippen LogP contribution in [0.15, 0.2) is 30.5 Å². The molecule has 1 saturated carbocycles. The molecule has 4 heteroatoms. The molecule has 0 N–H and O–H groups in total. The number of rotatable bonds is 18. The van der Waals surface area contributed by atoms with Crippen molar-refractivity contribution in [3.63, 3.8) is 0 Å². The second-order valence-electron chi connectivity index (χ2n) is 10.3. The van der Waals surface area contributed by atoms with Crippen LogP contribution in [0.25, 0.3) is 11.4 Å². The summed E-state index contributed by atoms with van der Waals surface area (Å²) in [6.07, 6.45) is 23.3. The summed E-state index contributed by atoms with van der Waals surface area (Å²) in [5.74, 6) is 3.49. The lowest BCUT2D eigenvalue weighted by atomic mass is 9.99. The van der Waals surface area contributed by atoms with E-state index >= 15 is 0 Å². The highest BCUT2D eigenvalue weighted by Crippen LogP contribution is 2.29. The van der Waals surface area contributed by atoms with Gasteiger partial charge in [-0.25, -0.2) is 9.97 Å². The van der Waals surface area contributed by atoms with Crippen LogP contribution in [0.3, 0.4) is 0 Å². The van der Waals surface area contributed by atoms with Gasteiger partial charge in [0.25, 0.3) is 0 Å². The Bertz CT molecular complexity index is 815. The average Bonchev–Trinajstić information content (AvgIpc) is 3.40.